The highest BCUT2D eigenvalue weighted by Crippen LogP contribution is 2.24. The maximum Gasteiger partial charge on any atom is 0.331 e. The molecule has 0 saturated carbocycles. The first kappa shape index (κ1) is 15.3. The van der Waals surface area contributed by atoms with Gasteiger partial charge in [0.2, 0.25) is 11.8 Å². The lowest BCUT2D eigenvalue weighted by atomic mass is 9.95. The molecule has 1 heterocycles. The van der Waals surface area contributed by atoms with Gasteiger partial charge in [-0.15, -0.1) is 0 Å². The second-order valence-electron chi connectivity index (χ2n) is 5.01. The molecule has 0 aliphatic carbocycles. The fourth-order valence-electron chi connectivity index (χ4n) is 2.01. The Hall–Kier alpha value is -2.14. The summed E-state index contributed by atoms with van der Waals surface area (Å²) in [5.41, 5.74) is 1.49. The number of halogens is 1. The number of hydrogen-bond acceptors (Lipinski definition) is 3. The Bertz CT molecular complexity index is 618. The number of nitrogens with zero attached hydrogens (tertiary/aromatic N) is 1. The molecule has 1 saturated heterocycles. The SMILES string of the molecule is CC(C)=CCN1C(=O)NC(=O)C(c2ccc(Cl)cc2)C1=O. The van der Waals surface area contributed by atoms with E-state index in [1.54, 1.807) is 30.3 Å². The minimum Gasteiger partial charge on any atom is -0.277 e. The second-order valence-corrected chi connectivity index (χ2v) is 5.45. The molecule has 1 fully saturated rings. The molecule has 1 atom stereocenters. The molecule has 2 rings (SSSR count). The van der Waals surface area contributed by atoms with E-state index in [0.717, 1.165) is 10.5 Å². The topological polar surface area (TPSA) is 66.5 Å². The first-order chi connectivity index (χ1) is 9.90. The number of barbiturate groups is 1. The predicted octanol–water partition coefficient (Wildman–Crippen LogP) is 2.47. The van der Waals surface area contributed by atoms with Crippen LogP contribution in [0.2, 0.25) is 5.02 Å². The molecule has 4 amide bonds. The zero-order chi connectivity index (χ0) is 15.6. The van der Waals surface area contributed by atoms with E-state index in [4.69, 9.17) is 11.6 Å². The molecule has 6 heteroatoms. The summed E-state index contributed by atoms with van der Waals surface area (Å²) in [4.78, 5) is 37.2. The first-order valence-electron chi connectivity index (χ1n) is 6.45. The molecule has 0 aromatic heterocycles. The van der Waals surface area contributed by atoms with Gasteiger partial charge in [0.1, 0.15) is 5.92 Å². The normalized spacial score (nSPS) is 18.5. The number of nitrogens with one attached hydrogen (secondary N) is 1. The average molecular weight is 307 g/mol. The highest BCUT2D eigenvalue weighted by atomic mass is 35.5. The average Bonchev–Trinajstić information content (AvgIpc) is 2.40. The number of rotatable bonds is 3. The van der Waals surface area contributed by atoms with Crippen molar-refractivity contribution in [2.45, 2.75) is 19.8 Å². The summed E-state index contributed by atoms with van der Waals surface area (Å²) < 4.78 is 0. The Kier molecular flexibility index (Phi) is 4.43. The Balaban J connectivity index is 2.30. The van der Waals surface area contributed by atoms with Crippen molar-refractivity contribution in [2.24, 2.45) is 0 Å². The predicted molar refractivity (Wildman–Crippen MR) is 78.9 cm³/mol. The lowest BCUT2D eigenvalue weighted by Crippen LogP contribution is -2.56. The second kappa shape index (κ2) is 6.10. The van der Waals surface area contributed by atoms with Crippen LogP contribution in [0, 0.1) is 0 Å². The van der Waals surface area contributed by atoms with Crippen LogP contribution in [0.15, 0.2) is 35.9 Å². The maximum absolute atomic E-state index is 12.4. The van der Waals surface area contributed by atoms with Gasteiger partial charge in [-0.05, 0) is 31.5 Å². The molecule has 1 N–H and O–H groups in total. The number of benzene rings is 1. The van der Waals surface area contributed by atoms with Gasteiger partial charge < -0.3 is 0 Å². The first-order valence-corrected chi connectivity index (χ1v) is 6.83. The van der Waals surface area contributed by atoms with E-state index >= 15 is 0 Å². The zero-order valence-corrected chi connectivity index (χ0v) is 12.5. The van der Waals surface area contributed by atoms with E-state index in [-0.39, 0.29) is 6.54 Å². The number of allylic oxidation sites excluding steroid dienone is 1. The third-order valence-corrected chi connectivity index (χ3v) is 3.39. The Labute approximate surface area is 127 Å². The highest BCUT2D eigenvalue weighted by molar-refractivity contribution is 6.30. The van der Waals surface area contributed by atoms with Crippen molar-refractivity contribution in [1.82, 2.24) is 10.2 Å². The number of carbonyl (C=O) groups excluding carboxylic acids is 3. The summed E-state index contributed by atoms with van der Waals surface area (Å²) in [6, 6.07) is 5.74. The van der Waals surface area contributed by atoms with Crippen molar-refractivity contribution in [3.63, 3.8) is 0 Å². The molecular weight excluding hydrogens is 292 g/mol. The quantitative estimate of drug-likeness (QED) is 0.689. The van der Waals surface area contributed by atoms with Crippen molar-refractivity contribution in [2.75, 3.05) is 6.54 Å². The van der Waals surface area contributed by atoms with Gasteiger partial charge in [-0.1, -0.05) is 35.4 Å². The lowest BCUT2D eigenvalue weighted by Gasteiger charge is -2.29. The molecule has 21 heavy (non-hydrogen) atoms. The summed E-state index contributed by atoms with van der Waals surface area (Å²) in [5.74, 6) is -2.16. The van der Waals surface area contributed by atoms with E-state index in [0.29, 0.717) is 10.6 Å². The van der Waals surface area contributed by atoms with Crippen LogP contribution in [0.4, 0.5) is 4.79 Å². The summed E-state index contributed by atoms with van der Waals surface area (Å²) in [7, 11) is 0. The van der Waals surface area contributed by atoms with Gasteiger partial charge in [0.05, 0.1) is 0 Å². The van der Waals surface area contributed by atoms with Crippen LogP contribution in [0.1, 0.15) is 25.3 Å². The fourth-order valence-corrected chi connectivity index (χ4v) is 2.14. The van der Waals surface area contributed by atoms with E-state index in [1.165, 1.54) is 0 Å². The van der Waals surface area contributed by atoms with E-state index in [1.807, 2.05) is 13.8 Å². The largest absolute Gasteiger partial charge is 0.331 e. The molecule has 0 radical (unpaired) electrons. The van der Waals surface area contributed by atoms with Gasteiger partial charge in [0.15, 0.2) is 0 Å². The van der Waals surface area contributed by atoms with Crippen LogP contribution in [-0.2, 0) is 9.59 Å². The molecular formula is C15H15ClN2O3. The smallest absolute Gasteiger partial charge is 0.277 e. The fraction of sp³-hybridized carbons (Fsp3) is 0.267. The van der Waals surface area contributed by atoms with Crippen molar-refractivity contribution >= 4 is 29.4 Å². The molecule has 0 bridgehead atoms. The summed E-state index contributed by atoms with van der Waals surface area (Å²) in [5, 5.41) is 2.73. The van der Waals surface area contributed by atoms with Gasteiger partial charge >= 0.3 is 6.03 Å². The van der Waals surface area contributed by atoms with Crippen LogP contribution >= 0.6 is 11.6 Å². The number of urea groups is 1. The third-order valence-electron chi connectivity index (χ3n) is 3.14. The van der Waals surface area contributed by atoms with Crippen LogP contribution in [-0.4, -0.2) is 29.3 Å². The minimum atomic E-state index is -1.02. The van der Waals surface area contributed by atoms with Gasteiger partial charge in [-0.3, -0.25) is 19.8 Å². The number of amides is 4. The molecule has 110 valence electrons. The van der Waals surface area contributed by atoms with Gasteiger partial charge in [-0.2, -0.15) is 0 Å². The van der Waals surface area contributed by atoms with Gasteiger partial charge in [0.25, 0.3) is 0 Å². The summed E-state index contributed by atoms with van der Waals surface area (Å²) >= 11 is 5.80. The zero-order valence-electron chi connectivity index (χ0n) is 11.7. The molecule has 0 spiro atoms. The van der Waals surface area contributed by atoms with Crippen LogP contribution in [0.3, 0.4) is 0 Å². The van der Waals surface area contributed by atoms with Crippen LogP contribution in [0.5, 0.6) is 0 Å². The molecule has 1 aliphatic heterocycles. The Morgan fingerprint density at radius 2 is 1.86 bits per heavy atom. The Morgan fingerprint density at radius 1 is 1.24 bits per heavy atom. The standard InChI is InChI=1S/C15H15ClN2O3/c1-9(2)7-8-18-14(20)12(13(19)17-15(18)21)10-3-5-11(16)6-4-10/h3-7,12H,8H2,1-2H3,(H,17,19,21). The lowest BCUT2D eigenvalue weighted by molar-refractivity contribution is -0.138. The number of hydrogen-bond donors (Lipinski definition) is 1. The highest BCUT2D eigenvalue weighted by Gasteiger charge is 2.40. The minimum absolute atomic E-state index is 0.143. The molecule has 5 nitrogen and oxygen atoms in total. The van der Waals surface area contributed by atoms with Crippen LogP contribution in [0.25, 0.3) is 0 Å². The van der Waals surface area contributed by atoms with Gasteiger partial charge in [-0.25, -0.2) is 4.79 Å². The molecule has 1 unspecified atom stereocenters. The summed E-state index contributed by atoms with van der Waals surface area (Å²) in [6.07, 6.45) is 1.76. The van der Waals surface area contributed by atoms with Crippen LogP contribution < -0.4 is 5.32 Å². The van der Waals surface area contributed by atoms with Crippen molar-refractivity contribution in [3.8, 4) is 0 Å². The number of carbonyl (C=O) groups is 3. The van der Waals surface area contributed by atoms with E-state index in [9.17, 15) is 14.4 Å². The van der Waals surface area contributed by atoms with Crippen molar-refractivity contribution < 1.29 is 14.4 Å². The third kappa shape index (κ3) is 3.31. The van der Waals surface area contributed by atoms with E-state index < -0.39 is 23.8 Å². The molecule has 1 aromatic carbocycles. The van der Waals surface area contributed by atoms with E-state index in [2.05, 4.69) is 5.32 Å². The molecule has 1 aliphatic rings. The Morgan fingerprint density at radius 3 is 2.43 bits per heavy atom. The molecule has 1 aromatic rings. The van der Waals surface area contributed by atoms with Crippen molar-refractivity contribution in [3.05, 3.63) is 46.5 Å². The monoisotopic (exact) mass is 306 g/mol. The summed E-state index contributed by atoms with van der Waals surface area (Å²) in [6.45, 7) is 3.88. The van der Waals surface area contributed by atoms with Gasteiger partial charge in [0, 0.05) is 11.6 Å². The van der Waals surface area contributed by atoms with Crippen molar-refractivity contribution in [1.29, 1.82) is 0 Å². The number of imide groups is 2. The maximum atomic E-state index is 12.4.